The minimum atomic E-state index is -0.722. The van der Waals surface area contributed by atoms with Crippen LogP contribution in [0, 0.1) is 0 Å². The number of hydrogen-bond acceptors (Lipinski definition) is 6. The van der Waals surface area contributed by atoms with Crippen molar-refractivity contribution in [2.75, 3.05) is 14.2 Å². The smallest absolute Gasteiger partial charge is 0.278 e. The molecule has 0 heterocycles. The van der Waals surface area contributed by atoms with Crippen LogP contribution in [0.5, 0.6) is 5.75 Å². The molecule has 3 aromatic rings. The van der Waals surface area contributed by atoms with Gasteiger partial charge in [0.05, 0.1) is 5.71 Å². The van der Waals surface area contributed by atoms with E-state index < -0.39 is 6.01 Å². The number of carbonyl (C=O) groups excluding carboxylic acids is 1. The molecule has 0 spiro atoms. The molecule has 0 aliphatic heterocycles. The van der Waals surface area contributed by atoms with E-state index in [-0.39, 0.29) is 18.2 Å². The highest BCUT2D eigenvalue weighted by Crippen LogP contribution is 2.19. The van der Waals surface area contributed by atoms with Crippen LogP contribution in [-0.4, -0.2) is 31.5 Å². The molecule has 7 nitrogen and oxygen atoms in total. The molecule has 0 saturated heterocycles. The maximum atomic E-state index is 14.3. The lowest BCUT2D eigenvalue weighted by Gasteiger charge is -2.10. The van der Waals surface area contributed by atoms with E-state index >= 15 is 0 Å². The summed E-state index contributed by atoms with van der Waals surface area (Å²) in [6.07, 6.45) is 1.31. The summed E-state index contributed by atoms with van der Waals surface area (Å²) in [5, 5.41) is 10.6. The first-order chi connectivity index (χ1) is 17.0. The van der Waals surface area contributed by atoms with Crippen LogP contribution in [0.4, 0.5) is 4.39 Å². The van der Waals surface area contributed by atoms with Crippen molar-refractivity contribution in [1.82, 2.24) is 5.32 Å². The Morgan fingerprint density at radius 2 is 1.74 bits per heavy atom. The lowest BCUT2D eigenvalue weighted by molar-refractivity contribution is -0.114. The number of hydrogen-bond donors (Lipinski definition) is 1. The number of oxime groups is 2. The molecule has 0 fully saturated rings. The maximum absolute atomic E-state index is 14.3. The standard InChI is InChI=1S/C27H26FN3O4/c1-19(21-13-9-14-23(17-21)35-25(28)16-20-10-5-4-6-11-20)30-34-18-22-12-7-8-15-24(22)26(31-33-3)27(32)29-2/h4-17H,18H2,1-3H3,(H,29,32)/b25-16-,30-19+,31-26?. The van der Waals surface area contributed by atoms with Gasteiger partial charge in [-0.15, -0.1) is 0 Å². The van der Waals surface area contributed by atoms with Gasteiger partial charge in [-0.05, 0) is 24.6 Å². The van der Waals surface area contributed by atoms with Gasteiger partial charge in [-0.1, -0.05) is 77.0 Å². The van der Waals surface area contributed by atoms with Crippen molar-refractivity contribution in [2.45, 2.75) is 13.5 Å². The second-order valence-electron chi connectivity index (χ2n) is 7.30. The Morgan fingerprint density at radius 1 is 1.00 bits per heavy atom. The van der Waals surface area contributed by atoms with Gasteiger partial charge in [0.15, 0.2) is 5.71 Å². The maximum Gasteiger partial charge on any atom is 0.278 e. The van der Waals surface area contributed by atoms with Crippen molar-refractivity contribution >= 4 is 23.4 Å². The molecule has 1 N–H and O–H groups in total. The van der Waals surface area contributed by atoms with E-state index in [0.29, 0.717) is 33.7 Å². The lowest BCUT2D eigenvalue weighted by atomic mass is 10.0. The predicted molar refractivity (Wildman–Crippen MR) is 134 cm³/mol. The zero-order valence-electron chi connectivity index (χ0n) is 19.7. The van der Waals surface area contributed by atoms with Crippen molar-refractivity contribution in [3.8, 4) is 5.75 Å². The number of nitrogens with zero attached hydrogens (tertiary/aromatic N) is 2. The van der Waals surface area contributed by atoms with E-state index in [1.54, 1.807) is 49.4 Å². The number of amides is 1. The number of benzene rings is 3. The molecular weight excluding hydrogens is 449 g/mol. The van der Waals surface area contributed by atoms with Crippen LogP contribution >= 0.6 is 0 Å². The third-order valence-corrected chi connectivity index (χ3v) is 4.87. The molecule has 3 aromatic carbocycles. The molecule has 0 atom stereocenters. The predicted octanol–water partition coefficient (Wildman–Crippen LogP) is 5.07. The van der Waals surface area contributed by atoms with Gasteiger partial charge in [-0.2, -0.15) is 4.39 Å². The second-order valence-corrected chi connectivity index (χ2v) is 7.30. The normalized spacial score (nSPS) is 12.2. The van der Waals surface area contributed by atoms with E-state index in [0.717, 1.165) is 0 Å². The molecule has 0 aromatic heterocycles. The average Bonchev–Trinajstić information content (AvgIpc) is 2.88. The quantitative estimate of drug-likeness (QED) is 0.252. The number of ether oxygens (including phenoxy) is 1. The topological polar surface area (TPSA) is 81.5 Å². The highest BCUT2D eigenvalue weighted by Gasteiger charge is 2.17. The fourth-order valence-electron chi connectivity index (χ4n) is 3.16. The summed E-state index contributed by atoms with van der Waals surface area (Å²) < 4.78 is 19.6. The third kappa shape index (κ3) is 7.26. The lowest BCUT2D eigenvalue weighted by Crippen LogP contribution is -2.29. The van der Waals surface area contributed by atoms with Crippen LogP contribution in [0.25, 0.3) is 6.08 Å². The van der Waals surface area contributed by atoms with E-state index in [4.69, 9.17) is 14.4 Å². The molecular formula is C27H26FN3O4. The largest absolute Gasteiger partial charge is 0.432 e. The number of halogens is 1. The van der Waals surface area contributed by atoms with Crippen molar-refractivity contribution < 1.29 is 23.6 Å². The van der Waals surface area contributed by atoms with Crippen LogP contribution in [0.1, 0.15) is 29.2 Å². The minimum Gasteiger partial charge on any atom is -0.432 e. The van der Waals surface area contributed by atoms with Gasteiger partial charge in [0.2, 0.25) is 0 Å². The first kappa shape index (κ1) is 25.2. The SMILES string of the molecule is CNC(=O)C(=NOC)c1ccccc1CO/N=C(\C)c1cccc(O/C(F)=C\c2ccccc2)c1. The van der Waals surface area contributed by atoms with E-state index in [1.165, 1.54) is 20.2 Å². The van der Waals surface area contributed by atoms with Crippen LogP contribution < -0.4 is 10.1 Å². The molecule has 35 heavy (non-hydrogen) atoms. The highest BCUT2D eigenvalue weighted by atomic mass is 19.1. The third-order valence-electron chi connectivity index (χ3n) is 4.87. The van der Waals surface area contributed by atoms with Crippen LogP contribution in [0.2, 0.25) is 0 Å². The Bertz CT molecular complexity index is 1240. The molecule has 0 bridgehead atoms. The van der Waals surface area contributed by atoms with Gasteiger partial charge in [0, 0.05) is 29.8 Å². The van der Waals surface area contributed by atoms with Gasteiger partial charge < -0.3 is 19.7 Å². The molecule has 0 unspecified atom stereocenters. The first-order valence-electron chi connectivity index (χ1n) is 10.8. The van der Waals surface area contributed by atoms with E-state index in [2.05, 4.69) is 15.6 Å². The zero-order chi connectivity index (χ0) is 25.0. The molecule has 0 aliphatic carbocycles. The molecule has 1 amide bonds. The van der Waals surface area contributed by atoms with Crippen LogP contribution in [0.15, 0.2) is 95.2 Å². The van der Waals surface area contributed by atoms with E-state index in [1.807, 2.05) is 36.4 Å². The van der Waals surface area contributed by atoms with E-state index in [9.17, 15) is 9.18 Å². The zero-order valence-corrected chi connectivity index (χ0v) is 19.7. The summed E-state index contributed by atoms with van der Waals surface area (Å²) in [4.78, 5) is 22.6. The fourth-order valence-corrected chi connectivity index (χ4v) is 3.16. The molecule has 0 saturated carbocycles. The Kier molecular flexibility index (Phi) is 9.13. The van der Waals surface area contributed by atoms with Crippen molar-refractivity contribution in [2.24, 2.45) is 10.3 Å². The van der Waals surface area contributed by atoms with Crippen molar-refractivity contribution in [1.29, 1.82) is 0 Å². The Hall–Kier alpha value is -4.46. The van der Waals surface area contributed by atoms with Crippen LogP contribution in [0.3, 0.4) is 0 Å². The highest BCUT2D eigenvalue weighted by molar-refractivity contribution is 6.45. The molecule has 0 radical (unpaired) electrons. The second kappa shape index (κ2) is 12.7. The van der Waals surface area contributed by atoms with Crippen molar-refractivity contribution in [3.63, 3.8) is 0 Å². The summed E-state index contributed by atoms with van der Waals surface area (Å²) in [6.45, 7) is 1.86. The monoisotopic (exact) mass is 475 g/mol. The molecule has 180 valence electrons. The summed E-state index contributed by atoms with van der Waals surface area (Å²) in [5.41, 5.74) is 3.37. The van der Waals surface area contributed by atoms with Gasteiger partial charge in [-0.25, -0.2) is 0 Å². The summed E-state index contributed by atoms with van der Waals surface area (Å²) >= 11 is 0. The molecule has 0 aliphatic rings. The summed E-state index contributed by atoms with van der Waals surface area (Å²) in [6, 6.07) is 22.4. The number of nitrogens with one attached hydrogen (secondary N) is 1. The van der Waals surface area contributed by atoms with Gasteiger partial charge in [-0.3, -0.25) is 4.79 Å². The Labute approximate surface area is 203 Å². The summed E-state index contributed by atoms with van der Waals surface area (Å²) in [7, 11) is 2.89. The molecule has 8 heteroatoms. The first-order valence-corrected chi connectivity index (χ1v) is 10.8. The minimum absolute atomic E-state index is 0.0951. The Balaban J connectivity index is 1.70. The van der Waals surface area contributed by atoms with Gasteiger partial charge in [0.1, 0.15) is 19.5 Å². The number of likely N-dealkylation sites (N-methyl/N-ethyl adjacent to an activating group) is 1. The van der Waals surface area contributed by atoms with Gasteiger partial charge >= 0.3 is 0 Å². The molecule has 3 rings (SSSR count). The summed E-state index contributed by atoms with van der Waals surface area (Å²) in [5.74, 6) is -0.0533. The Morgan fingerprint density at radius 3 is 2.49 bits per heavy atom. The van der Waals surface area contributed by atoms with Crippen molar-refractivity contribution in [3.05, 3.63) is 107 Å². The number of carbonyl (C=O) groups is 1. The average molecular weight is 476 g/mol. The number of rotatable bonds is 10. The van der Waals surface area contributed by atoms with Crippen LogP contribution in [-0.2, 0) is 21.1 Å². The fraction of sp³-hybridized carbons (Fsp3) is 0.148. The van der Waals surface area contributed by atoms with Gasteiger partial charge in [0.25, 0.3) is 11.9 Å².